The highest BCUT2D eigenvalue weighted by molar-refractivity contribution is 9.10. The summed E-state index contributed by atoms with van der Waals surface area (Å²) in [6.07, 6.45) is 2.36. The van der Waals surface area contributed by atoms with E-state index in [-0.39, 0.29) is 12.1 Å². The van der Waals surface area contributed by atoms with Crippen molar-refractivity contribution in [2.24, 2.45) is 5.73 Å². The molecule has 0 bridgehead atoms. The Morgan fingerprint density at radius 2 is 1.95 bits per heavy atom. The zero-order valence-corrected chi connectivity index (χ0v) is 12.4. The number of nitrogens with two attached hydrogens (primary N) is 1. The van der Waals surface area contributed by atoms with Gasteiger partial charge >= 0.3 is 0 Å². The summed E-state index contributed by atoms with van der Waals surface area (Å²) in [5, 5.41) is 0. The van der Waals surface area contributed by atoms with Crippen LogP contribution in [0.2, 0.25) is 0 Å². The lowest BCUT2D eigenvalue weighted by Crippen LogP contribution is -2.32. The molecule has 2 rings (SSSR count). The second-order valence-corrected chi connectivity index (χ2v) is 5.23. The Hall–Kier alpha value is -1.39. The van der Waals surface area contributed by atoms with Gasteiger partial charge in [-0.3, -0.25) is 4.98 Å². The number of hydrogen-bond donors (Lipinski definition) is 1. The second kappa shape index (κ2) is 6.68. The van der Waals surface area contributed by atoms with Crippen LogP contribution in [0.4, 0.5) is 0 Å². The predicted octanol–water partition coefficient (Wildman–Crippen LogP) is 3.70. The van der Waals surface area contributed by atoms with Crippen molar-refractivity contribution in [3.63, 3.8) is 0 Å². The quantitative estimate of drug-likeness (QED) is 0.913. The van der Waals surface area contributed by atoms with E-state index in [1.54, 1.807) is 6.20 Å². The van der Waals surface area contributed by atoms with Crippen molar-refractivity contribution < 1.29 is 4.74 Å². The van der Waals surface area contributed by atoms with E-state index in [1.807, 2.05) is 49.4 Å². The molecule has 0 aliphatic heterocycles. The van der Waals surface area contributed by atoms with Crippen LogP contribution in [0, 0.1) is 0 Å². The van der Waals surface area contributed by atoms with Gasteiger partial charge in [0.05, 0.1) is 5.69 Å². The Morgan fingerprint density at radius 3 is 2.53 bits per heavy atom. The normalized spacial score (nSPS) is 13.8. The van der Waals surface area contributed by atoms with E-state index in [1.165, 1.54) is 0 Å². The Balaban J connectivity index is 2.21. The van der Waals surface area contributed by atoms with Crippen molar-refractivity contribution in [2.45, 2.75) is 25.5 Å². The van der Waals surface area contributed by atoms with Crippen LogP contribution in [0.3, 0.4) is 0 Å². The number of hydrogen-bond acceptors (Lipinski definition) is 3. The maximum Gasteiger partial charge on any atom is 0.155 e. The van der Waals surface area contributed by atoms with Crippen LogP contribution in [0.15, 0.2) is 53.1 Å². The van der Waals surface area contributed by atoms with Gasteiger partial charge in [0, 0.05) is 16.7 Å². The number of halogens is 1. The molecule has 2 aromatic rings. The van der Waals surface area contributed by atoms with Crippen LogP contribution >= 0.6 is 15.9 Å². The number of nitrogens with zero attached hydrogens (tertiary/aromatic N) is 1. The molecule has 0 radical (unpaired) electrons. The van der Waals surface area contributed by atoms with Crippen LogP contribution in [0.5, 0.6) is 5.75 Å². The molecule has 0 saturated heterocycles. The number of rotatable bonds is 5. The molecular weight excluding hydrogens is 304 g/mol. The van der Waals surface area contributed by atoms with Gasteiger partial charge in [0.15, 0.2) is 6.10 Å². The van der Waals surface area contributed by atoms with E-state index < -0.39 is 0 Å². The lowest BCUT2D eigenvalue weighted by Gasteiger charge is -2.23. The monoisotopic (exact) mass is 320 g/mol. The Kier molecular flexibility index (Phi) is 4.93. The van der Waals surface area contributed by atoms with Crippen molar-refractivity contribution in [3.05, 3.63) is 58.8 Å². The summed E-state index contributed by atoms with van der Waals surface area (Å²) < 4.78 is 7.02. The summed E-state index contributed by atoms with van der Waals surface area (Å²) in [6.45, 7) is 2.05. The average Bonchev–Trinajstić information content (AvgIpc) is 2.47. The fourth-order valence-electron chi connectivity index (χ4n) is 1.79. The smallest absolute Gasteiger partial charge is 0.155 e. The summed E-state index contributed by atoms with van der Waals surface area (Å²) in [5.74, 6) is 0.794. The SMILES string of the molecule is CCC(N)C(Oc1ccc(Br)cc1)c1ccccn1. The molecule has 1 aromatic carbocycles. The highest BCUT2D eigenvalue weighted by atomic mass is 79.9. The van der Waals surface area contributed by atoms with E-state index in [9.17, 15) is 0 Å². The zero-order chi connectivity index (χ0) is 13.7. The Labute approximate surface area is 121 Å². The van der Waals surface area contributed by atoms with Gasteiger partial charge in [0.1, 0.15) is 5.75 Å². The molecule has 3 nitrogen and oxygen atoms in total. The first-order chi connectivity index (χ1) is 9.20. The Morgan fingerprint density at radius 1 is 1.21 bits per heavy atom. The molecule has 0 amide bonds. The molecule has 0 aliphatic carbocycles. The fraction of sp³-hybridized carbons (Fsp3) is 0.267. The molecule has 0 saturated carbocycles. The highest BCUT2D eigenvalue weighted by Gasteiger charge is 2.21. The summed E-state index contributed by atoms with van der Waals surface area (Å²) >= 11 is 3.41. The minimum Gasteiger partial charge on any atom is -0.482 e. The maximum atomic E-state index is 6.15. The molecular formula is C15H17BrN2O. The Bertz CT molecular complexity index is 501. The molecule has 4 heteroatoms. The van der Waals surface area contributed by atoms with Crippen LogP contribution in [0.25, 0.3) is 0 Å². The van der Waals surface area contributed by atoms with E-state index in [0.29, 0.717) is 0 Å². The largest absolute Gasteiger partial charge is 0.482 e. The summed E-state index contributed by atoms with van der Waals surface area (Å²) in [4.78, 5) is 4.35. The summed E-state index contributed by atoms with van der Waals surface area (Å²) in [7, 11) is 0. The van der Waals surface area contributed by atoms with Crippen LogP contribution in [-0.4, -0.2) is 11.0 Å². The molecule has 0 spiro atoms. The first-order valence-electron chi connectivity index (χ1n) is 6.29. The number of benzene rings is 1. The molecule has 2 N–H and O–H groups in total. The van der Waals surface area contributed by atoms with Crippen LogP contribution in [-0.2, 0) is 0 Å². The average molecular weight is 321 g/mol. The van der Waals surface area contributed by atoms with Gasteiger partial charge in [0.2, 0.25) is 0 Å². The standard InChI is InChI=1S/C15H17BrN2O/c1-2-13(17)15(14-5-3-4-10-18-14)19-12-8-6-11(16)7-9-12/h3-10,13,15H,2,17H2,1H3. The molecule has 0 fully saturated rings. The first-order valence-corrected chi connectivity index (χ1v) is 7.08. The molecule has 0 aliphatic rings. The van der Waals surface area contributed by atoms with Crippen molar-refractivity contribution in [3.8, 4) is 5.75 Å². The first kappa shape index (κ1) is 14.0. The van der Waals surface area contributed by atoms with Crippen molar-refractivity contribution in [1.29, 1.82) is 0 Å². The van der Waals surface area contributed by atoms with Crippen LogP contribution in [0.1, 0.15) is 25.1 Å². The van der Waals surface area contributed by atoms with Gasteiger partial charge in [-0.15, -0.1) is 0 Å². The molecule has 19 heavy (non-hydrogen) atoms. The second-order valence-electron chi connectivity index (χ2n) is 4.32. The molecule has 100 valence electrons. The highest BCUT2D eigenvalue weighted by Crippen LogP contribution is 2.25. The third-order valence-electron chi connectivity index (χ3n) is 2.92. The molecule has 2 unspecified atom stereocenters. The van der Waals surface area contributed by atoms with Gasteiger partial charge in [-0.2, -0.15) is 0 Å². The summed E-state index contributed by atoms with van der Waals surface area (Å²) in [5.41, 5.74) is 7.01. The third-order valence-corrected chi connectivity index (χ3v) is 3.44. The number of ether oxygens (including phenoxy) is 1. The fourth-order valence-corrected chi connectivity index (χ4v) is 2.05. The van der Waals surface area contributed by atoms with Crippen molar-refractivity contribution >= 4 is 15.9 Å². The predicted molar refractivity (Wildman–Crippen MR) is 80.0 cm³/mol. The molecule has 1 aromatic heterocycles. The van der Waals surface area contributed by atoms with Crippen LogP contribution < -0.4 is 10.5 Å². The minimum atomic E-state index is -0.229. The van der Waals surface area contributed by atoms with Gasteiger partial charge in [0.25, 0.3) is 0 Å². The maximum absolute atomic E-state index is 6.15. The van der Waals surface area contributed by atoms with Crippen molar-refractivity contribution in [2.75, 3.05) is 0 Å². The van der Waals surface area contributed by atoms with E-state index in [0.717, 1.165) is 22.3 Å². The zero-order valence-electron chi connectivity index (χ0n) is 10.8. The molecule has 1 heterocycles. The summed E-state index contributed by atoms with van der Waals surface area (Å²) in [6, 6.07) is 13.4. The van der Waals surface area contributed by atoms with Gasteiger partial charge in [-0.05, 0) is 42.8 Å². The third kappa shape index (κ3) is 3.78. The minimum absolute atomic E-state index is 0.0847. The number of pyridine rings is 1. The van der Waals surface area contributed by atoms with Gasteiger partial charge in [-0.25, -0.2) is 0 Å². The van der Waals surface area contributed by atoms with Gasteiger partial charge in [-0.1, -0.05) is 28.9 Å². The lowest BCUT2D eigenvalue weighted by atomic mass is 10.1. The molecule has 2 atom stereocenters. The van der Waals surface area contributed by atoms with E-state index >= 15 is 0 Å². The van der Waals surface area contributed by atoms with E-state index in [4.69, 9.17) is 10.5 Å². The van der Waals surface area contributed by atoms with Gasteiger partial charge < -0.3 is 10.5 Å². The lowest BCUT2D eigenvalue weighted by molar-refractivity contribution is 0.166. The van der Waals surface area contributed by atoms with Crippen molar-refractivity contribution in [1.82, 2.24) is 4.98 Å². The number of aromatic nitrogens is 1. The van der Waals surface area contributed by atoms with E-state index in [2.05, 4.69) is 20.9 Å². The topological polar surface area (TPSA) is 48.1 Å².